The Morgan fingerprint density at radius 1 is 1.19 bits per heavy atom. The number of anilines is 1. The Morgan fingerprint density at radius 2 is 2.00 bits per heavy atom. The molecule has 1 atom stereocenters. The summed E-state index contributed by atoms with van der Waals surface area (Å²) in [5.74, 6) is -0.130. The highest BCUT2D eigenvalue weighted by molar-refractivity contribution is 7.91. The van der Waals surface area contributed by atoms with E-state index in [9.17, 15) is 12.8 Å². The second-order valence-corrected chi connectivity index (χ2v) is 9.87. The van der Waals surface area contributed by atoms with Gasteiger partial charge in [0, 0.05) is 29.3 Å². The molecule has 1 aromatic heterocycles. The molecule has 31 heavy (non-hydrogen) atoms. The summed E-state index contributed by atoms with van der Waals surface area (Å²) in [5, 5.41) is 0.772. The smallest absolute Gasteiger partial charge is 0.248 e. The van der Waals surface area contributed by atoms with Crippen LogP contribution in [0.5, 0.6) is 11.5 Å². The monoisotopic (exact) mass is 442 g/mol. The second kappa shape index (κ2) is 7.77. The molecular formula is C23H23FN2O4S. The van der Waals surface area contributed by atoms with Crippen LogP contribution in [0.25, 0.3) is 10.9 Å². The Bertz CT molecular complexity index is 1310. The maximum atomic E-state index is 13.7. The van der Waals surface area contributed by atoms with Crippen molar-refractivity contribution in [3.63, 3.8) is 0 Å². The van der Waals surface area contributed by atoms with Crippen LogP contribution in [0.4, 0.5) is 10.1 Å². The summed E-state index contributed by atoms with van der Waals surface area (Å²) in [6, 6.07) is 9.75. The van der Waals surface area contributed by atoms with Crippen molar-refractivity contribution >= 4 is 26.6 Å². The van der Waals surface area contributed by atoms with Gasteiger partial charge >= 0.3 is 0 Å². The number of para-hydroxylation sites is 1. The molecule has 162 valence electrons. The standard InChI is InChI=1S/C23H23FN2O4S/c1-23(10-4-3-5-11-23)31(27,28)26-12-9-16-7-6-8-17(22(16)26)15-30-21-14-19(25)18(24)13-20(21)29-2/h3-10,12-14H,11,15,25H2,1-2H3. The van der Waals surface area contributed by atoms with Crippen LogP contribution in [-0.4, -0.2) is 24.2 Å². The van der Waals surface area contributed by atoms with Crippen LogP contribution in [-0.2, 0) is 16.6 Å². The lowest BCUT2D eigenvalue weighted by atomic mass is 10.0. The highest BCUT2D eigenvalue weighted by Crippen LogP contribution is 2.35. The summed E-state index contributed by atoms with van der Waals surface area (Å²) in [6.45, 7) is 1.75. The summed E-state index contributed by atoms with van der Waals surface area (Å²) in [6.07, 6.45) is 9.10. The van der Waals surface area contributed by atoms with Crippen LogP contribution in [0, 0.1) is 5.82 Å². The molecule has 3 aromatic rings. The van der Waals surface area contributed by atoms with Crippen molar-refractivity contribution in [2.45, 2.75) is 24.7 Å². The van der Waals surface area contributed by atoms with Crippen LogP contribution in [0.15, 0.2) is 66.9 Å². The molecule has 6 nitrogen and oxygen atoms in total. The lowest BCUT2D eigenvalue weighted by Gasteiger charge is -2.27. The van der Waals surface area contributed by atoms with E-state index < -0.39 is 20.6 Å². The van der Waals surface area contributed by atoms with Gasteiger partial charge in [-0.1, -0.05) is 42.5 Å². The van der Waals surface area contributed by atoms with Gasteiger partial charge in [0.1, 0.15) is 17.2 Å². The van der Waals surface area contributed by atoms with Crippen molar-refractivity contribution in [2.75, 3.05) is 12.8 Å². The minimum Gasteiger partial charge on any atom is -0.493 e. The fraction of sp³-hybridized carbons (Fsp3) is 0.217. The fourth-order valence-electron chi connectivity index (χ4n) is 3.66. The third-order valence-electron chi connectivity index (χ3n) is 5.49. The molecule has 8 heteroatoms. The Morgan fingerprint density at radius 3 is 2.71 bits per heavy atom. The van der Waals surface area contributed by atoms with E-state index in [1.807, 2.05) is 24.3 Å². The van der Waals surface area contributed by atoms with Crippen molar-refractivity contribution in [1.29, 1.82) is 0 Å². The number of aromatic nitrogens is 1. The molecule has 4 rings (SSSR count). The van der Waals surface area contributed by atoms with Crippen LogP contribution in [0.1, 0.15) is 18.9 Å². The van der Waals surface area contributed by atoms with E-state index in [1.165, 1.54) is 17.1 Å². The summed E-state index contributed by atoms with van der Waals surface area (Å²) in [7, 11) is -2.34. The van der Waals surface area contributed by atoms with Gasteiger partial charge in [0.15, 0.2) is 11.5 Å². The quantitative estimate of drug-likeness (QED) is 0.572. The summed E-state index contributed by atoms with van der Waals surface area (Å²) in [5.41, 5.74) is 6.80. The van der Waals surface area contributed by atoms with Crippen molar-refractivity contribution in [2.24, 2.45) is 0 Å². The van der Waals surface area contributed by atoms with Crippen LogP contribution < -0.4 is 15.2 Å². The van der Waals surface area contributed by atoms with Crippen LogP contribution in [0.2, 0.25) is 0 Å². The van der Waals surface area contributed by atoms with Crippen molar-refractivity contribution < 1.29 is 22.3 Å². The van der Waals surface area contributed by atoms with E-state index in [1.54, 1.807) is 37.4 Å². The van der Waals surface area contributed by atoms with Crippen LogP contribution >= 0.6 is 0 Å². The Labute approximate surface area is 180 Å². The van der Waals surface area contributed by atoms with Gasteiger partial charge in [-0.25, -0.2) is 16.8 Å². The zero-order valence-corrected chi connectivity index (χ0v) is 18.0. The molecule has 1 aliphatic carbocycles. The number of nitrogen functional groups attached to an aromatic ring is 1. The largest absolute Gasteiger partial charge is 0.493 e. The highest BCUT2D eigenvalue weighted by atomic mass is 32.2. The fourth-order valence-corrected chi connectivity index (χ4v) is 5.35. The first-order valence-electron chi connectivity index (χ1n) is 9.71. The minimum atomic E-state index is -3.75. The molecule has 0 amide bonds. The SMILES string of the molecule is COc1cc(F)c(N)cc1OCc1cccc2ccn(S(=O)(=O)C3(C)C=CC=CC3)c12. The minimum absolute atomic E-state index is 0.0464. The summed E-state index contributed by atoms with van der Waals surface area (Å²) < 4.78 is 52.1. The van der Waals surface area contributed by atoms with Gasteiger partial charge in [-0.3, -0.25) is 0 Å². The normalized spacial score (nSPS) is 18.4. The molecule has 0 spiro atoms. The number of fused-ring (bicyclic) bond motifs is 1. The van der Waals surface area contributed by atoms with Gasteiger partial charge in [0.05, 0.1) is 18.3 Å². The van der Waals surface area contributed by atoms with Gasteiger partial charge < -0.3 is 15.2 Å². The first-order chi connectivity index (χ1) is 14.8. The van der Waals surface area contributed by atoms with E-state index in [4.69, 9.17) is 15.2 Å². The van der Waals surface area contributed by atoms with Crippen molar-refractivity contribution in [1.82, 2.24) is 3.97 Å². The number of methoxy groups -OCH3 is 1. The number of rotatable bonds is 6. The maximum absolute atomic E-state index is 13.7. The number of hydrogen-bond donors (Lipinski definition) is 1. The number of nitrogens with two attached hydrogens (primary N) is 1. The molecule has 0 aliphatic heterocycles. The van der Waals surface area contributed by atoms with E-state index >= 15 is 0 Å². The van der Waals surface area contributed by atoms with E-state index in [0.717, 1.165) is 11.5 Å². The number of benzene rings is 2. The molecule has 2 N–H and O–H groups in total. The average molecular weight is 443 g/mol. The molecular weight excluding hydrogens is 419 g/mol. The predicted octanol–water partition coefficient (Wildman–Crippen LogP) is 4.40. The van der Waals surface area contributed by atoms with E-state index in [-0.39, 0.29) is 23.8 Å². The van der Waals surface area contributed by atoms with Gasteiger partial charge in [0.25, 0.3) is 0 Å². The summed E-state index contributed by atoms with van der Waals surface area (Å²) in [4.78, 5) is 0. The average Bonchev–Trinajstić information content (AvgIpc) is 3.20. The Balaban J connectivity index is 1.74. The van der Waals surface area contributed by atoms with Crippen molar-refractivity contribution in [3.8, 4) is 11.5 Å². The number of ether oxygens (including phenoxy) is 2. The van der Waals surface area contributed by atoms with Gasteiger partial charge in [-0.05, 0) is 19.4 Å². The lowest BCUT2D eigenvalue weighted by molar-refractivity contribution is 0.284. The number of allylic oxidation sites excluding steroid dienone is 3. The molecule has 1 unspecified atom stereocenters. The van der Waals surface area contributed by atoms with Gasteiger partial charge in [0.2, 0.25) is 10.0 Å². The van der Waals surface area contributed by atoms with Crippen molar-refractivity contribution in [3.05, 3.63) is 78.3 Å². The Hall–Kier alpha value is -3.26. The third kappa shape index (κ3) is 3.57. The van der Waals surface area contributed by atoms with Gasteiger partial charge in [-0.2, -0.15) is 0 Å². The Kier molecular flexibility index (Phi) is 5.26. The van der Waals surface area contributed by atoms with E-state index in [2.05, 4.69) is 0 Å². The molecule has 0 saturated carbocycles. The zero-order valence-electron chi connectivity index (χ0n) is 17.2. The topological polar surface area (TPSA) is 83.6 Å². The maximum Gasteiger partial charge on any atom is 0.248 e. The van der Waals surface area contributed by atoms with Gasteiger partial charge in [-0.15, -0.1) is 0 Å². The second-order valence-electron chi connectivity index (χ2n) is 7.59. The first-order valence-corrected chi connectivity index (χ1v) is 11.1. The van der Waals surface area contributed by atoms with Crippen LogP contribution in [0.3, 0.4) is 0 Å². The van der Waals surface area contributed by atoms with E-state index in [0.29, 0.717) is 17.5 Å². The third-order valence-corrected chi connectivity index (χ3v) is 7.80. The number of hydrogen-bond acceptors (Lipinski definition) is 5. The zero-order chi connectivity index (χ0) is 22.2. The lowest BCUT2D eigenvalue weighted by Crippen LogP contribution is -2.37. The number of halogens is 1. The first kappa shape index (κ1) is 21.0. The molecule has 0 bridgehead atoms. The predicted molar refractivity (Wildman–Crippen MR) is 119 cm³/mol. The molecule has 0 radical (unpaired) electrons. The number of nitrogens with zero attached hydrogens (tertiary/aromatic N) is 1. The summed E-state index contributed by atoms with van der Waals surface area (Å²) >= 11 is 0. The molecule has 1 heterocycles. The molecule has 0 fully saturated rings. The highest BCUT2D eigenvalue weighted by Gasteiger charge is 2.38. The molecule has 1 aliphatic rings. The molecule has 2 aromatic carbocycles. The molecule has 0 saturated heterocycles.